The van der Waals surface area contributed by atoms with Crippen LogP contribution in [0.25, 0.3) is 0 Å². The zero-order valence-corrected chi connectivity index (χ0v) is 14.3. The first kappa shape index (κ1) is 15.9. The van der Waals surface area contributed by atoms with E-state index in [9.17, 15) is 0 Å². The highest BCUT2D eigenvalue weighted by Gasteiger charge is 2.07. The minimum absolute atomic E-state index is 0.475. The average Bonchev–Trinajstić information content (AvgIpc) is 2.44. The number of rotatable bonds is 6. The number of hydrogen-bond acceptors (Lipinski definition) is 0. The van der Waals surface area contributed by atoms with E-state index in [1.165, 1.54) is 17.5 Å². The molecule has 0 nitrogen and oxygen atoms in total. The van der Waals surface area contributed by atoms with Crippen LogP contribution in [0.4, 0.5) is 0 Å². The summed E-state index contributed by atoms with van der Waals surface area (Å²) in [4.78, 5) is 0.475. The zero-order chi connectivity index (χ0) is 14.4. The Bertz CT molecular complexity index is 540. The van der Waals surface area contributed by atoms with Crippen LogP contribution < -0.4 is 0 Å². The number of benzene rings is 2. The highest BCUT2D eigenvalue weighted by atomic mass is 79.9. The Morgan fingerprint density at radius 3 is 2.35 bits per heavy atom. The van der Waals surface area contributed by atoms with Crippen molar-refractivity contribution < 1.29 is 0 Å². The number of halogens is 3. The van der Waals surface area contributed by atoms with Crippen molar-refractivity contribution in [2.24, 2.45) is 0 Å². The summed E-state index contributed by atoms with van der Waals surface area (Å²) in [6.07, 6.45) is 4.44. The molecule has 3 heteroatoms. The summed E-state index contributed by atoms with van der Waals surface area (Å²) in [5, 5.41) is 1.25. The van der Waals surface area contributed by atoms with Gasteiger partial charge in [0, 0.05) is 4.83 Å². The lowest BCUT2D eigenvalue weighted by molar-refractivity contribution is 0.701. The number of alkyl halides is 1. The van der Waals surface area contributed by atoms with E-state index in [2.05, 4.69) is 46.3 Å². The van der Waals surface area contributed by atoms with Crippen LogP contribution in [0.2, 0.25) is 10.0 Å². The Kier molecular flexibility index (Phi) is 6.41. The number of aryl methyl sites for hydroxylation is 1. The Hall–Kier alpha value is -0.500. The monoisotopic (exact) mass is 370 g/mol. The lowest BCUT2D eigenvalue weighted by atomic mass is 10.0. The summed E-state index contributed by atoms with van der Waals surface area (Å²) in [5.41, 5.74) is 2.63. The lowest BCUT2D eigenvalue weighted by Gasteiger charge is -2.10. The van der Waals surface area contributed by atoms with Crippen LogP contribution in [0.1, 0.15) is 24.0 Å². The van der Waals surface area contributed by atoms with Gasteiger partial charge in [0.05, 0.1) is 10.0 Å². The molecule has 0 aliphatic carbocycles. The molecule has 0 saturated heterocycles. The lowest BCUT2D eigenvalue weighted by Crippen LogP contribution is -2.03. The van der Waals surface area contributed by atoms with Crippen LogP contribution in [-0.4, -0.2) is 4.83 Å². The summed E-state index contributed by atoms with van der Waals surface area (Å²) in [7, 11) is 0. The SMILES string of the molecule is Clc1ccc(CC(Br)CCCc2ccccc2)cc1Cl. The van der Waals surface area contributed by atoms with E-state index in [1.54, 1.807) is 0 Å². The molecule has 0 aliphatic rings. The third kappa shape index (κ3) is 5.12. The highest BCUT2D eigenvalue weighted by molar-refractivity contribution is 9.09. The average molecular weight is 372 g/mol. The van der Waals surface area contributed by atoms with E-state index in [0.717, 1.165) is 19.3 Å². The summed E-state index contributed by atoms with van der Waals surface area (Å²) in [5.74, 6) is 0. The molecule has 1 atom stereocenters. The maximum Gasteiger partial charge on any atom is 0.0595 e. The second kappa shape index (κ2) is 8.07. The Morgan fingerprint density at radius 1 is 0.900 bits per heavy atom. The smallest absolute Gasteiger partial charge is 0.0595 e. The molecule has 0 aromatic heterocycles. The van der Waals surface area contributed by atoms with Crippen LogP contribution >= 0.6 is 39.1 Å². The molecule has 2 rings (SSSR count). The molecule has 106 valence electrons. The van der Waals surface area contributed by atoms with Gasteiger partial charge in [0.2, 0.25) is 0 Å². The molecule has 0 saturated carbocycles. The molecule has 20 heavy (non-hydrogen) atoms. The van der Waals surface area contributed by atoms with Gasteiger partial charge in [-0.15, -0.1) is 0 Å². The van der Waals surface area contributed by atoms with E-state index >= 15 is 0 Å². The van der Waals surface area contributed by atoms with E-state index < -0.39 is 0 Å². The number of hydrogen-bond donors (Lipinski definition) is 0. The van der Waals surface area contributed by atoms with Gasteiger partial charge in [0.25, 0.3) is 0 Å². The van der Waals surface area contributed by atoms with Crippen molar-refractivity contribution in [2.75, 3.05) is 0 Å². The largest absolute Gasteiger partial charge is 0.0887 e. The molecule has 0 N–H and O–H groups in total. The minimum atomic E-state index is 0.475. The quantitative estimate of drug-likeness (QED) is 0.521. The van der Waals surface area contributed by atoms with Gasteiger partial charge in [-0.05, 0) is 48.9 Å². The molecule has 2 aromatic rings. The molecule has 0 heterocycles. The van der Waals surface area contributed by atoms with E-state index in [-0.39, 0.29) is 0 Å². The third-order valence-electron chi connectivity index (χ3n) is 3.27. The van der Waals surface area contributed by atoms with Crippen LogP contribution in [0, 0.1) is 0 Å². The predicted octanol–water partition coefficient (Wildman–Crippen LogP) is 6.32. The van der Waals surface area contributed by atoms with E-state index in [0.29, 0.717) is 14.9 Å². The van der Waals surface area contributed by atoms with E-state index in [1.807, 2.05) is 18.2 Å². The van der Waals surface area contributed by atoms with Crippen molar-refractivity contribution in [3.05, 3.63) is 69.7 Å². The second-order valence-corrected chi connectivity index (χ2v) is 7.04. The Morgan fingerprint density at radius 2 is 1.65 bits per heavy atom. The van der Waals surface area contributed by atoms with Gasteiger partial charge in [-0.25, -0.2) is 0 Å². The molecular formula is C17H17BrCl2. The fourth-order valence-electron chi connectivity index (χ4n) is 2.20. The van der Waals surface area contributed by atoms with Crippen LogP contribution in [-0.2, 0) is 12.8 Å². The van der Waals surface area contributed by atoms with Crippen molar-refractivity contribution in [3.8, 4) is 0 Å². The normalized spacial score (nSPS) is 12.3. The topological polar surface area (TPSA) is 0 Å². The van der Waals surface area contributed by atoms with Crippen LogP contribution in [0.5, 0.6) is 0 Å². The molecular weight excluding hydrogens is 355 g/mol. The summed E-state index contributed by atoms with van der Waals surface area (Å²) < 4.78 is 0. The van der Waals surface area contributed by atoms with Gasteiger partial charge >= 0.3 is 0 Å². The predicted molar refractivity (Wildman–Crippen MR) is 92.3 cm³/mol. The third-order valence-corrected chi connectivity index (χ3v) is 4.79. The van der Waals surface area contributed by atoms with Crippen molar-refractivity contribution >= 4 is 39.1 Å². The van der Waals surface area contributed by atoms with Crippen molar-refractivity contribution in [2.45, 2.75) is 30.5 Å². The van der Waals surface area contributed by atoms with Crippen molar-refractivity contribution in [3.63, 3.8) is 0 Å². The standard InChI is InChI=1S/C17H17BrCl2/c18-15(8-4-7-13-5-2-1-3-6-13)11-14-9-10-16(19)17(20)12-14/h1-3,5-6,9-10,12,15H,4,7-8,11H2. The summed E-state index contributed by atoms with van der Waals surface area (Å²) in [6.45, 7) is 0. The van der Waals surface area contributed by atoms with Gasteiger partial charge in [-0.1, -0.05) is 75.5 Å². The molecule has 1 unspecified atom stereocenters. The summed E-state index contributed by atoms with van der Waals surface area (Å²) >= 11 is 15.7. The zero-order valence-electron chi connectivity index (χ0n) is 11.2. The van der Waals surface area contributed by atoms with Gasteiger partial charge in [-0.3, -0.25) is 0 Å². The van der Waals surface area contributed by atoms with Crippen molar-refractivity contribution in [1.82, 2.24) is 0 Å². The fraction of sp³-hybridized carbons (Fsp3) is 0.294. The van der Waals surface area contributed by atoms with Gasteiger partial charge < -0.3 is 0 Å². The molecule has 0 amide bonds. The molecule has 0 bridgehead atoms. The molecule has 2 aromatic carbocycles. The fourth-order valence-corrected chi connectivity index (χ4v) is 3.22. The maximum absolute atomic E-state index is 6.03. The molecule has 0 radical (unpaired) electrons. The molecule has 0 aliphatic heterocycles. The highest BCUT2D eigenvalue weighted by Crippen LogP contribution is 2.25. The van der Waals surface area contributed by atoms with Gasteiger partial charge in [0.1, 0.15) is 0 Å². The first-order valence-corrected chi connectivity index (χ1v) is 8.44. The molecule has 0 fully saturated rings. The summed E-state index contributed by atoms with van der Waals surface area (Å²) in [6, 6.07) is 16.5. The maximum atomic E-state index is 6.03. The van der Waals surface area contributed by atoms with Crippen LogP contribution in [0.3, 0.4) is 0 Å². The first-order chi connectivity index (χ1) is 9.65. The van der Waals surface area contributed by atoms with Gasteiger partial charge in [0.15, 0.2) is 0 Å². The first-order valence-electron chi connectivity index (χ1n) is 6.77. The van der Waals surface area contributed by atoms with E-state index in [4.69, 9.17) is 23.2 Å². The second-order valence-electron chi connectivity index (χ2n) is 4.93. The van der Waals surface area contributed by atoms with Crippen LogP contribution in [0.15, 0.2) is 48.5 Å². The Balaban J connectivity index is 1.77. The minimum Gasteiger partial charge on any atom is -0.0887 e. The molecule has 0 spiro atoms. The van der Waals surface area contributed by atoms with Gasteiger partial charge in [-0.2, -0.15) is 0 Å². The Labute approximate surface area is 139 Å². The van der Waals surface area contributed by atoms with Crippen molar-refractivity contribution in [1.29, 1.82) is 0 Å².